The van der Waals surface area contributed by atoms with Crippen molar-refractivity contribution in [3.8, 4) is 0 Å². The van der Waals surface area contributed by atoms with Gasteiger partial charge in [0.15, 0.2) is 0 Å². The van der Waals surface area contributed by atoms with Crippen LogP contribution in [0.4, 0.5) is 0 Å². The molecule has 0 aliphatic carbocycles. The molecule has 0 rings (SSSR count). The van der Waals surface area contributed by atoms with Gasteiger partial charge in [0.2, 0.25) is 0 Å². The van der Waals surface area contributed by atoms with E-state index in [1.165, 1.54) is 57.1 Å². The molecule has 0 amide bonds. The number of hydrogen-bond acceptors (Lipinski definition) is 1. The van der Waals surface area contributed by atoms with Gasteiger partial charge in [-0.15, -0.1) is 0 Å². The van der Waals surface area contributed by atoms with Crippen molar-refractivity contribution in [3.05, 3.63) is 0 Å². The Balaban J connectivity index is 4.11. The lowest BCUT2D eigenvalue weighted by Crippen LogP contribution is -2.18. The standard InChI is InChI=1S/C21H44S/c1-8-12-13-17(5)16-21(11-4)19(7)22-15-14-20(10-3)18(6)9-2/h17-21H,8-16H2,1-7H3. The summed E-state index contributed by atoms with van der Waals surface area (Å²) in [6.07, 6.45) is 11.1. The van der Waals surface area contributed by atoms with E-state index < -0.39 is 0 Å². The van der Waals surface area contributed by atoms with Crippen LogP contribution in [0.15, 0.2) is 0 Å². The van der Waals surface area contributed by atoms with Gasteiger partial charge in [0.05, 0.1) is 0 Å². The van der Waals surface area contributed by atoms with Crippen LogP contribution in [0.2, 0.25) is 0 Å². The Morgan fingerprint density at radius 3 is 1.91 bits per heavy atom. The second-order valence-corrected chi connectivity index (χ2v) is 9.06. The Hall–Kier alpha value is 0.350. The van der Waals surface area contributed by atoms with Crippen LogP contribution in [-0.2, 0) is 0 Å². The molecule has 0 bridgehead atoms. The van der Waals surface area contributed by atoms with Gasteiger partial charge in [-0.1, -0.05) is 87.0 Å². The van der Waals surface area contributed by atoms with Gasteiger partial charge in [-0.25, -0.2) is 0 Å². The van der Waals surface area contributed by atoms with Gasteiger partial charge in [-0.2, -0.15) is 11.8 Å². The highest BCUT2D eigenvalue weighted by molar-refractivity contribution is 7.99. The molecule has 0 fully saturated rings. The van der Waals surface area contributed by atoms with E-state index in [4.69, 9.17) is 0 Å². The van der Waals surface area contributed by atoms with Crippen molar-refractivity contribution in [1.82, 2.24) is 0 Å². The Bertz CT molecular complexity index is 238. The first kappa shape index (κ1) is 22.4. The van der Waals surface area contributed by atoms with Crippen molar-refractivity contribution >= 4 is 11.8 Å². The summed E-state index contributed by atoms with van der Waals surface area (Å²) in [6, 6.07) is 0. The summed E-state index contributed by atoms with van der Waals surface area (Å²) in [5.74, 6) is 5.03. The molecule has 0 nitrogen and oxygen atoms in total. The Morgan fingerprint density at radius 2 is 1.41 bits per heavy atom. The zero-order valence-electron chi connectivity index (χ0n) is 16.7. The fraction of sp³-hybridized carbons (Fsp3) is 1.00. The molecular weight excluding hydrogens is 284 g/mol. The van der Waals surface area contributed by atoms with Crippen LogP contribution in [0.3, 0.4) is 0 Å². The van der Waals surface area contributed by atoms with Crippen LogP contribution < -0.4 is 0 Å². The molecule has 0 saturated heterocycles. The third-order valence-corrected chi connectivity index (χ3v) is 7.17. The van der Waals surface area contributed by atoms with Gasteiger partial charge in [0.25, 0.3) is 0 Å². The maximum absolute atomic E-state index is 2.48. The van der Waals surface area contributed by atoms with Gasteiger partial charge in [0, 0.05) is 5.25 Å². The van der Waals surface area contributed by atoms with E-state index in [1.807, 2.05) is 0 Å². The summed E-state index contributed by atoms with van der Waals surface area (Å²) in [7, 11) is 0. The lowest BCUT2D eigenvalue weighted by Gasteiger charge is -2.27. The molecule has 22 heavy (non-hydrogen) atoms. The number of unbranched alkanes of at least 4 members (excludes halogenated alkanes) is 1. The lowest BCUT2D eigenvalue weighted by molar-refractivity contribution is 0.329. The van der Waals surface area contributed by atoms with Crippen LogP contribution in [-0.4, -0.2) is 11.0 Å². The molecule has 1 heteroatoms. The van der Waals surface area contributed by atoms with Crippen molar-refractivity contribution in [2.24, 2.45) is 23.7 Å². The summed E-state index contributed by atoms with van der Waals surface area (Å²) in [6.45, 7) is 16.8. The molecule has 0 aromatic rings. The summed E-state index contributed by atoms with van der Waals surface area (Å²) in [5.41, 5.74) is 0. The molecule has 0 aromatic heterocycles. The largest absolute Gasteiger partial charge is 0.159 e. The third kappa shape index (κ3) is 9.48. The first-order valence-corrected chi connectivity index (χ1v) is 11.2. The third-order valence-electron chi connectivity index (χ3n) is 5.79. The SMILES string of the molecule is CCCCC(C)CC(CC)C(C)SCCC(CC)C(C)CC. The van der Waals surface area contributed by atoms with Crippen molar-refractivity contribution < 1.29 is 0 Å². The summed E-state index contributed by atoms with van der Waals surface area (Å²) in [5, 5.41) is 0.837. The molecule has 0 spiro atoms. The second kappa shape index (κ2) is 13.8. The number of hydrogen-bond donors (Lipinski definition) is 0. The van der Waals surface area contributed by atoms with Gasteiger partial charge >= 0.3 is 0 Å². The maximum Gasteiger partial charge on any atom is 0.00469 e. The molecule has 0 aromatic carbocycles. The van der Waals surface area contributed by atoms with Crippen LogP contribution in [0.25, 0.3) is 0 Å². The summed E-state index contributed by atoms with van der Waals surface area (Å²) < 4.78 is 0. The topological polar surface area (TPSA) is 0 Å². The second-order valence-electron chi connectivity index (χ2n) is 7.57. The van der Waals surface area contributed by atoms with E-state index in [0.29, 0.717) is 0 Å². The van der Waals surface area contributed by atoms with Gasteiger partial charge in [-0.05, 0) is 42.3 Å². The molecule has 5 unspecified atom stereocenters. The van der Waals surface area contributed by atoms with E-state index in [1.54, 1.807) is 0 Å². The number of thioether (sulfide) groups is 1. The number of rotatable bonds is 14. The molecule has 0 saturated carbocycles. The first-order valence-electron chi connectivity index (χ1n) is 10.1. The predicted molar refractivity (Wildman–Crippen MR) is 107 cm³/mol. The van der Waals surface area contributed by atoms with Crippen molar-refractivity contribution in [1.29, 1.82) is 0 Å². The van der Waals surface area contributed by atoms with Crippen LogP contribution >= 0.6 is 11.8 Å². The zero-order valence-corrected chi connectivity index (χ0v) is 17.5. The first-order chi connectivity index (χ1) is 10.5. The average Bonchev–Trinajstić information content (AvgIpc) is 2.53. The van der Waals surface area contributed by atoms with Gasteiger partial charge < -0.3 is 0 Å². The molecular formula is C21H44S. The fourth-order valence-corrected chi connectivity index (χ4v) is 5.03. The zero-order chi connectivity index (χ0) is 17.0. The Kier molecular flexibility index (Phi) is 14.0. The van der Waals surface area contributed by atoms with E-state index in [0.717, 1.165) is 28.9 Å². The minimum atomic E-state index is 0.837. The normalized spacial score (nSPS) is 18.7. The fourth-order valence-electron chi connectivity index (χ4n) is 3.64. The highest BCUT2D eigenvalue weighted by Gasteiger charge is 2.20. The molecule has 5 atom stereocenters. The van der Waals surface area contributed by atoms with E-state index in [-0.39, 0.29) is 0 Å². The van der Waals surface area contributed by atoms with Crippen molar-refractivity contribution in [2.45, 2.75) is 105 Å². The molecule has 0 heterocycles. The summed E-state index contributed by atoms with van der Waals surface area (Å²) in [4.78, 5) is 0. The van der Waals surface area contributed by atoms with Crippen LogP contribution in [0, 0.1) is 23.7 Å². The van der Waals surface area contributed by atoms with Crippen LogP contribution in [0.1, 0.15) is 99.8 Å². The molecule has 0 N–H and O–H groups in total. The quantitative estimate of drug-likeness (QED) is 0.313. The van der Waals surface area contributed by atoms with E-state index in [2.05, 4.69) is 60.2 Å². The minimum absolute atomic E-state index is 0.837. The predicted octanol–water partition coefficient (Wildman–Crippen LogP) is 7.81. The highest BCUT2D eigenvalue weighted by atomic mass is 32.2. The minimum Gasteiger partial charge on any atom is -0.159 e. The van der Waals surface area contributed by atoms with E-state index >= 15 is 0 Å². The van der Waals surface area contributed by atoms with Crippen LogP contribution in [0.5, 0.6) is 0 Å². The lowest BCUT2D eigenvalue weighted by atomic mass is 9.87. The van der Waals surface area contributed by atoms with Crippen molar-refractivity contribution in [3.63, 3.8) is 0 Å². The molecule has 0 aliphatic heterocycles. The summed E-state index contributed by atoms with van der Waals surface area (Å²) >= 11 is 2.25. The molecule has 0 radical (unpaired) electrons. The van der Waals surface area contributed by atoms with E-state index in [9.17, 15) is 0 Å². The molecule has 0 aliphatic rings. The Morgan fingerprint density at radius 1 is 0.773 bits per heavy atom. The Labute approximate surface area is 146 Å². The average molecular weight is 329 g/mol. The smallest absolute Gasteiger partial charge is 0.00469 e. The highest BCUT2D eigenvalue weighted by Crippen LogP contribution is 2.32. The maximum atomic E-state index is 2.48. The monoisotopic (exact) mass is 328 g/mol. The van der Waals surface area contributed by atoms with Gasteiger partial charge in [0.1, 0.15) is 0 Å². The van der Waals surface area contributed by atoms with Crippen molar-refractivity contribution in [2.75, 3.05) is 5.75 Å². The van der Waals surface area contributed by atoms with Gasteiger partial charge in [-0.3, -0.25) is 0 Å². The molecule has 134 valence electrons.